The Morgan fingerprint density at radius 1 is 0.317 bits per heavy atom. The molecule has 0 aliphatic heterocycles. The number of phenolic OH excluding ortho intramolecular Hbond substituents is 7. The maximum atomic E-state index is 11.4. The quantitative estimate of drug-likeness (QED) is 0.0491. The van der Waals surface area contributed by atoms with Crippen LogP contribution in [0.3, 0.4) is 0 Å². The Morgan fingerprint density at radius 2 is 0.854 bits per heavy atom. The van der Waals surface area contributed by atoms with E-state index < -0.39 is 40.2 Å². The van der Waals surface area contributed by atoms with Crippen molar-refractivity contribution in [3.8, 4) is 51.4 Å². The van der Waals surface area contributed by atoms with E-state index in [1.807, 2.05) is 48.5 Å². The first-order valence-electron chi connectivity index (χ1n) is 12.9. The van der Waals surface area contributed by atoms with Crippen LogP contribution in [0.1, 0.15) is 0 Å². The number of hydrogen-bond donors (Lipinski definition) is 7. The van der Waals surface area contributed by atoms with Gasteiger partial charge in [-0.25, -0.2) is 0 Å². The highest BCUT2D eigenvalue weighted by Crippen LogP contribution is 2.61. The topological polar surface area (TPSA) is 142 Å². The molecule has 0 heterocycles. The largest absolute Gasteiger partial charge is 0.504 e. The second-order valence-electron chi connectivity index (χ2n) is 10.3. The molecular weight excluding hydrogens is 520 g/mol. The monoisotopic (exact) mass is 540 g/mol. The van der Waals surface area contributed by atoms with Crippen LogP contribution in [-0.2, 0) is 0 Å². The first-order valence-corrected chi connectivity index (χ1v) is 12.9. The van der Waals surface area contributed by atoms with E-state index in [4.69, 9.17) is 0 Å². The van der Waals surface area contributed by atoms with Crippen LogP contribution < -0.4 is 0 Å². The molecule has 0 radical (unpaired) electrons. The fraction of sp³-hybridized carbons (Fsp3) is 0. The van der Waals surface area contributed by atoms with Crippen molar-refractivity contribution in [3.05, 3.63) is 78.9 Å². The zero-order valence-electron chi connectivity index (χ0n) is 21.1. The number of phenols is 7. The average molecular weight is 541 g/mol. The van der Waals surface area contributed by atoms with E-state index in [1.54, 1.807) is 30.3 Å². The van der Waals surface area contributed by atoms with Gasteiger partial charge in [-0.1, -0.05) is 72.8 Å². The summed E-state index contributed by atoms with van der Waals surface area (Å²) in [6.07, 6.45) is 0. The highest BCUT2D eigenvalue weighted by Gasteiger charge is 2.31. The van der Waals surface area contributed by atoms with Gasteiger partial charge in [0.05, 0.1) is 0 Å². The number of fused-ring (bicyclic) bond motifs is 6. The SMILES string of the molecule is Oc1c(O)c(O)c2c(c1O)c(-c1ccccc1)c1c(O)c(O)c(O)c3c4cccc5c6ccccc6cc(c54)c2c13. The molecule has 8 aromatic carbocycles. The number of aromatic hydroxyl groups is 7. The molecule has 7 N–H and O–H groups in total. The summed E-state index contributed by atoms with van der Waals surface area (Å²) >= 11 is 0. The van der Waals surface area contributed by atoms with Gasteiger partial charge in [-0.2, -0.15) is 0 Å². The Morgan fingerprint density at radius 3 is 1.59 bits per heavy atom. The zero-order chi connectivity index (χ0) is 28.3. The van der Waals surface area contributed by atoms with E-state index in [1.165, 1.54) is 0 Å². The molecule has 0 aliphatic rings. The minimum absolute atomic E-state index is 0.0148. The molecule has 8 rings (SSSR count). The molecule has 0 atom stereocenters. The molecule has 0 fully saturated rings. The van der Waals surface area contributed by atoms with Gasteiger partial charge < -0.3 is 35.7 Å². The van der Waals surface area contributed by atoms with Crippen molar-refractivity contribution < 1.29 is 35.7 Å². The summed E-state index contributed by atoms with van der Waals surface area (Å²) in [5, 5.41) is 83.5. The van der Waals surface area contributed by atoms with Gasteiger partial charge in [0.1, 0.15) is 0 Å². The maximum absolute atomic E-state index is 11.4. The van der Waals surface area contributed by atoms with Gasteiger partial charge in [-0.3, -0.25) is 0 Å². The van der Waals surface area contributed by atoms with Crippen LogP contribution in [0.5, 0.6) is 40.2 Å². The molecule has 0 saturated heterocycles. The second kappa shape index (κ2) is 7.64. The van der Waals surface area contributed by atoms with Crippen LogP contribution in [0.2, 0.25) is 0 Å². The predicted molar refractivity (Wildman–Crippen MR) is 160 cm³/mol. The third-order valence-electron chi connectivity index (χ3n) is 8.30. The third kappa shape index (κ3) is 2.67. The van der Waals surface area contributed by atoms with Crippen molar-refractivity contribution in [2.24, 2.45) is 0 Å². The van der Waals surface area contributed by atoms with Crippen LogP contribution in [0.15, 0.2) is 78.9 Å². The van der Waals surface area contributed by atoms with Crippen molar-refractivity contribution >= 4 is 64.6 Å². The zero-order valence-corrected chi connectivity index (χ0v) is 21.1. The molecule has 198 valence electrons. The number of rotatable bonds is 1. The Labute approximate surface area is 230 Å². The Hall–Kier alpha value is -5.82. The molecule has 0 saturated carbocycles. The van der Waals surface area contributed by atoms with E-state index in [2.05, 4.69) is 0 Å². The predicted octanol–water partition coefficient (Wildman–Crippen LogP) is 7.65. The molecule has 8 aromatic rings. The Kier molecular flexibility index (Phi) is 4.30. The molecular formula is C34H20O7. The van der Waals surface area contributed by atoms with Gasteiger partial charge in [0.25, 0.3) is 0 Å². The lowest BCUT2D eigenvalue weighted by Crippen LogP contribution is -1.95. The van der Waals surface area contributed by atoms with Gasteiger partial charge in [0.15, 0.2) is 23.0 Å². The molecule has 0 spiro atoms. The lowest BCUT2D eigenvalue weighted by Gasteiger charge is -2.23. The van der Waals surface area contributed by atoms with Crippen molar-refractivity contribution in [3.63, 3.8) is 0 Å². The first kappa shape index (κ1) is 23.1. The molecule has 7 nitrogen and oxygen atoms in total. The molecule has 0 bridgehead atoms. The van der Waals surface area contributed by atoms with E-state index in [-0.39, 0.29) is 27.1 Å². The van der Waals surface area contributed by atoms with E-state index in [0.717, 1.165) is 16.2 Å². The van der Waals surface area contributed by atoms with Gasteiger partial charge >= 0.3 is 0 Å². The van der Waals surface area contributed by atoms with Crippen LogP contribution in [0, 0.1) is 0 Å². The van der Waals surface area contributed by atoms with Gasteiger partial charge in [-0.05, 0) is 43.9 Å². The third-order valence-corrected chi connectivity index (χ3v) is 8.30. The van der Waals surface area contributed by atoms with Gasteiger partial charge in [0.2, 0.25) is 17.2 Å². The van der Waals surface area contributed by atoms with E-state index >= 15 is 0 Å². The van der Waals surface area contributed by atoms with Crippen molar-refractivity contribution in [2.45, 2.75) is 0 Å². The molecule has 0 aliphatic carbocycles. The molecule has 0 amide bonds. The Bertz CT molecular complexity index is 2430. The summed E-state index contributed by atoms with van der Waals surface area (Å²) < 4.78 is 0. The lowest BCUT2D eigenvalue weighted by molar-refractivity contribution is 0.351. The summed E-state index contributed by atoms with van der Waals surface area (Å²) in [5.41, 5.74) is 0.672. The maximum Gasteiger partial charge on any atom is 0.204 e. The second-order valence-corrected chi connectivity index (χ2v) is 10.3. The Balaban J connectivity index is 1.88. The van der Waals surface area contributed by atoms with Crippen LogP contribution in [0.25, 0.3) is 75.8 Å². The van der Waals surface area contributed by atoms with E-state index in [9.17, 15) is 35.7 Å². The van der Waals surface area contributed by atoms with Crippen LogP contribution in [-0.4, -0.2) is 35.7 Å². The summed E-state index contributed by atoms with van der Waals surface area (Å²) in [6.45, 7) is 0. The summed E-state index contributed by atoms with van der Waals surface area (Å²) in [7, 11) is 0. The minimum Gasteiger partial charge on any atom is -0.504 e. The highest BCUT2D eigenvalue weighted by atomic mass is 16.3. The first-order chi connectivity index (χ1) is 19.8. The normalized spacial score (nSPS) is 12.1. The lowest BCUT2D eigenvalue weighted by atomic mass is 9.81. The average Bonchev–Trinajstić information content (AvgIpc) is 3.00. The molecule has 0 aromatic heterocycles. The minimum atomic E-state index is -0.929. The van der Waals surface area contributed by atoms with Crippen molar-refractivity contribution in [1.29, 1.82) is 0 Å². The highest BCUT2D eigenvalue weighted by molar-refractivity contribution is 6.45. The molecule has 0 unspecified atom stereocenters. The number of hydrogen-bond acceptors (Lipinski definition) is 7. The summed E-state index contributed by atoms with van der Waals surface area (Å²) in [6, 6.07) is 23.9. The smallest absolute Gasteiger partial charge is 0.204 e. The van der Waals surface area contributed by atoms with Gasteiger partial charge in [-0.15, -0.1) is 0 Å². The number of benzene rings is 8. The fourth-order valence-corrected chi connectivity index (χ4v) is 6.63. The van der Waals surface area contributed by atoms with E-state index in [0.29, 0.717) is 32.5 Å². The summed E-state index contributed by atoms with van der Waals surface area (Å²) in [4.78, 5) is 0. The molecule has 41 heavy (non-hydrogen) atoms. The fourth-order valence-electron chi connectivity index (χ4n) is 6.63. The van der Waals surface area contributed by atoms with Gasteiger partial charge in [0, 0.05) is 37.9 Å². The van der Waals surface area contributed by atoms with Crippen LogP contribution in [0.4, 0.5) is 0 Å². The summed E-state index contributed by atoms with van der Waals surface area (Å²) in [5.74, 6) is -5.16. The van der Waals surface area contributed by atoms with Crippen molar-refractivity contribution in [2.75, 3.05) is 0 Å². The van der Waals surface area contributed by atoms with Crippen molar-refractivity contribution in [1.82, 2.24) is 0 Å². The van der Waals surface area contributed by atoms with Crippen LogP contribution >= 0.6 is 0 Å². The standard InChI is InChI=1S/C34H20O7/c35-28-23-18-12-6-11-17-16-10-5-4-9-15(16)13-19(21(17)18)22-24(23)25(29(36)32(28)39)20(14-7-2-1-3-8-14)26-27(22)31(38)34(41)33(40)30(26)37/h1-13,35-41H. The molecule has 7 heteroatoms.